The Kier molecular flexibility index (Phi) is 4.15. The Hall–Kier alpha value is -1.35. The van der Waals surface area contributed by atoms with E-state index in [1.54, 1.807) is 0 Å². The summed E-state index contributed by atoms with van der Waals surface area (Å²) >= 11 is 0. The number of nitrogens with one attached hydrogen (secondary N) is 2. The normalized spacial score (nSPS) is 19.2. The molecule has 1 aliphatic heterocycles. The van der Waals surface area contributed by atoms with Gasteiger partial charge in [-0.05, 0) is 31.9 Å². The molecule has 1 amide bonds. The lowest BCUT2D eigenvalue weighted by Gasteiger charge is -2.10. The van der Waals surface area contributed by atoms with Crippen molar-refractivity contribution in [3.05, 3.63) is 35.4 Å². The van der Waals surface area contributed by atoms with Crippen molar-refractivity contribution in [2.24, 2.45) is 0 Å². The van der Waals surface area contributed by atoms with E-state index in [-0.39, 0.29) is 5.91 Å². The van der Waals surface area contributed by atoms with Crippen LogP contribution in [0.15, 0.2) is 24.3 Å². The summed E-state index contributed by atoms with van der Waals surface area (Å²) in [7, 11) is 0. The highest BCUT2D eigenvalue weighted by molar-refractivity contribution is 5.76. The van der Waals surface area contributed by atoms with Gasteiger partial charge >= 0.3 is 0 Å². The summed E-state index contributed by atoms with van der Waals surface area (Å²) in [4.78, 5) is 11.7. The average molecular weight is 232 g/mol. The molecule has 2 N–H and O–H groups in total. The van der Waals surface area contributed by atoms with Crippen molar-refractivity contribution in [1.82, 2.24) is 10.6 Å². The SMILES string of the molecule is Cc1ccc(CNC(=O)CC2CCCN2)cc1. The Morgan fingerprint density at radius 3 is 2.82 bits per heavy atom. The fourth-order valence-corrected chi connectivity index (χ4v) is 2.13. The number of hydrogen-bond donors (Lipinski definition) is 2. The average Bonchev–Trinajstić information content (AvgIpc) is 2.81. The second-order valence-corrected chi connectivity index (χ2v) is 4.76. The quantitative estimate of drug-likeness (QED) is 0.830. The summed E-state index contributed by atoms with van der Waals surface area (Å²) in [6.45, 7) is 3.75. The van der Waals surface area contributed by atoms with E-state index in [1.165, 1.54) is 12.0 Å². The van der Waals surface area contributed by atoms with E-state index in [4.69, 9.17) is 0 Å². The van der Waals surface area contributed by atoms with E-state index in [1.807, 2.05) is 0 Å². The van der Waals surface area contributed by atoms with Crippen LogP contribution in [0, 0.1) is 6.92 Å². The Balaban J connectivity index is 1.73. The van der Waals surface area contributed by atoms with E-state index in [2.05, 4.69) is 41.8 Å². The van der Waals surface area contributed by atoms with Gasteiger partial charge in [-0.2, -0.15) is 0 Å². The second-order valence-electron chi connectivity index (χ2n) is 4.76. The zero-order valence-electron chi connectivity index (χ0n) is 10.3. The summed E-state index contributed by atoms with van der Waals surface area (Å²) in [5.41, 5.74) is 2.40. The molecular formula is C14H20N2O. The van der Waals surface area contributed by atoms with Crippen molar-refractivity contribution in [2.45, 2.75) is 38.8 Å². The predicted molar refractivity (Wildman–Crippen MR) is 68.7 cm³/mol. The van der Waals surface area contributed by atoms with E-state index >= 15 is 0 Å². The van der Waals surface area contributed by atoms with Crippen LogP contribution in [0.25, 0.3) is 0 Å². The zero-order valence-corrected chi connectivity index (χ0v) is 10.3. The molecule has 1 saturated heterocycles. The Labute approximate surface area is 103 Å². The van der Waals surface area contributed by atoms with Crippen LogP contribution in [0.4, 0.5) is 0 Å². The molecule has 0 saturated carbocycles. The molecule has 1 heterocycles. The maximum atomic E-state index is 11.7. The van der Waals surface area contributed by atoms with Gasteiger partial charge in [-0.3, -0.25) is 4.79 Å². The lowest BCUT2D eigenvalue weighted by Crippen LogP contribution is -2.31. The lowest BCUT2D eigenvalue weighted by atomic mass is 10.1. The van der Waals surface area contributed by atoms with Crippen LogP contribution in [0.5, 0.6) is 0 Å². The fraction of sp³-hybridized carbons (Fsp3) is 0.500. The van der Waals surface area contributed by atoms with E-state index in [0.29, 0.717) is 19.0 Å². The third-order valence-electron chi connectivity index (χ3n) is 3.20. The smallest absolute Gasteiger partial charge is 0.221 e. The third-order valence-corrected chi connectivity index (χ3v) is 3.20. The maximum absolute atomic E-state index is 11.7. The van der Waals surface area contributed by atoms with E-state index in [0.717, 1.165) is 18.5 Å². The molecular weight excluding hydrogens is 212 g/mol. The molecule has 0 aliphatic carbocycles. The highest BCUT2D eigenvalue weighted by atomic mass is 16.1. The van der Waals surface area contributed by atoms with Crippen molar-refractivity contribution in [2.75, 3.05) is 6.54 Å². The van der Waals surface area contributed by atoms with Crippen LogP contribution < -0.4 is 10.6 Å². The minimum atomic E-state index is 0.143. The molecule has 1 fully saturated rings. The first-order valence-electron chi connectivity index (χ1n) is 6.29. The third kappa shape index (κ3) is 3.86. The van der Waals surface area contributed by atoms with Crippen molar-refractivity contribution >= 4 is 5.91 Å². The Morgan fingerprint density at radius 1 is 1.41 bits per heavy atom. The van der Waals surface area contributed by atoms with Gasteiger partial charge in [0.05, 0.1) is 0 Å². The number of rotatable bonds is 4. The fourth-order valence-electron chi connectivity index (χ4n) is 2.13. The molecule has 2 rings (SSSR count). The van der Waals surface area contributed by atoms with Crippen LogP contribution >= 0.6 is 0 Å². The van der Waals surface area contributed by atoms with Gasteiger partial charge in [-0.25, -0.2) is 0 Å². The number of aryl methyl sites for hydroxylation is 1. The van der Waals surface area contributed by atoms with Crippen LogP contribution in [0.3, 0.4) is 0 Å². The van der Waals surface area contributed by atoms with Crippen LogP contribution in [-0.2, 0) is 11.3 Å². The number of carbonyl (C=O) groups excluding carboxylic acids is 1. The Bertz CT molecular complexity index is 366. The van der Waals surface area contributed by atoms with Gasteiger partial charge < -0.3 is 10.6 Å². The summed E-state index contributed by atoms with van der Waals surface area (Å²) in [5, 5.41) is 6.30. The number of benzene rings is 1. The monoisotopic (exact) mass is 232 g/mol. The molecule has 1 unspecified atom stereocenters. The van der Waals surface area contributed by atoms with Crippen molar-refractivity contribution in [1.29, 1.82) is 0 Å². The number of hydrogen-bond acceptors (Lipinski definition) is 2. The van der Waals surface area contributed by atoms with Crippen molar-refractivity contribution in [3.63, 3.8) is 0 Å². The topological polar surface area (TPSA) is 41.1 Å². The second kappa shape index (κ2) is 5.82. The minimum Gasteiger partial charge on any atom is -0.352 e. The highest BCUT2D eigenvalue weighted by Gasteiger charge is 2.17. The van der Waals surface area contributed by atoms with Gasteiger partial charge in [0.25, 0.3) is 0 Å². The highest BCUT2D eigenvalue weighted by Crippen LogP contribution is 2.08. The lowest BCUT2D eigenvalue weighted by molar-refractivity contribution is -0.121. The molecule has 92 valence electrons. The van der Waals surface area contributed by atoms with Gasteiger partial charge in [-0.1, -0.05) is 29.8 Å². The molecule has 3 nitrogen and oxygen atoms in total. The molecule has 1 aliphatic rings. The standard InChI is InChI=1S/C14H20N2O/c1-11-4-6-12(7-5-11)10-16-14(17)9-13-3-2-8-15-13/h4-7,13,15H,2-3,8-10H2,1H3,(H,16,17). The maximum Gasteiger partial charge on any atom is 0.221 e. The summed E-state index contributed by atoms with van der Waals surface area (Å²) in [6, 6.07) is 8.64. The Morgan fingerprint density at radius 2 is 2.18 bits per heavy atom. The molecule has 17 heavy (non-hydrogen) atoms. The molecule has 1 atom stereocenters. The summed E-state index contributed by atoms with van der Waals surface area (Å²) < 4.78 is 0. The zero-order chi connectivity index (χ0) is 12.1. The molecule has 3 heteroatoms. The van der Waals surface area contributed by atoms with Crippen molar-refractivity contribution < 1.29 is 4.79 Å². The molecule has 1 aromatic rings. The molecule has 0 spiro atoms. The van der Waals surface area contributed by atoms with E-state index in [9.17, 15) is 4.79 Å². The first-order chi connectivity index (χ1) is 8.24. The molecule has 1 aromatic carbocycles. The van der Waals surface area contributed by atoms with Gasteiger partial charge in [0, 0.05) is 19.0 Å². The van der Waals surface area contributed by atoms with Crippen LogP contribution in [-0.4, -0.2) is 18.5 Å². The van der Waals surface area contributed by atoms with Crippen LogP contribution in [0.1, 0.15) is 30.4 Å². The predicted octanol–water partition coefficient (Wildman–Crippen LogP) is 1.75. The summed E-state index contributed by atoms with van der Waals surface area (Å²) in [6.07, 6.45) is 2.92. The van der Waals surface area contributed by atoms with Crippen LogP contribution in [0.2, 0.25) is 0 Å². The van der Waals surface area contributed by atoms with Gasteiger partial charge in [0.2, 0.25) is 5.91 Å². The molecule has 0 radical (unpaired) electrons. The first-order valence-corrected chi connectivity index (χ1v) is 6.29. The van der Waals surface area contributed by atoms with Crippen molar-refractivity contribution in [3.8, 4) is 0 Å². The number of carbonyl (C=O) groups is 1. The number of amides is 1. The van der Waals surface area contributed by atoms with Gasteiger partial charge in [0.1, 0.15) is 0 Å². The molecule has 0 aromatic heterocycles. The van der Waals surface area contributed by atoms with Gasteiger partial charge in [-0.15, -0.1) is 0 Å². The molecule has 0 bridgehead atoms. The van der Waals surface area contributed by atoms with Gasteiger partial charge in [0.15, 0.2) is 0 Å². The van der Waals surface area contributed by atoms with E-state index < -0.39 is 0 Å². The largest absolute Gasteiger partial charge is 0.352 e. The minimum absolute atomic E-state index is 0.143. The summed E-state index contributed by atoms with van der Waals surface area (Å²) in [5.74, 6) is 0.143. The first kappa shape index (κ1) is 12.1.